The third-order valence-corrected chi connectivity index (χ3v) is 3.95. The zero-order valence-corrected chi connectivity index (χ0v) is 13.3. The number of hydrogen-bond acceptors (Lipinski definition) is 1. The molecule has 2 aromatic carbocycles. The molecule has 0 spiro atoms. The molecule has 0 amide bonds. The molecule has 0 aromatic heterocycles. The Hall–Kier alpha value is -1.02. The molecule has 0 aliphatic heterocycles. The lowest BCUT2D eigenvalue weighted by Crippen LogP contribution is -2.21. The first-order valence-electron chi connectivity index (χ1n) is 6.80. The van der Waals surface area contributed by atoms with Crippen LogP contribution >= 0.6 is 23.2 Å². The monoisotopic (exact) mass is 307 g/mol. The maximum atomic E-state index is 6.21. The summed E-state index contributed by atoms with van der Waals surface area (Å²) < 4.78 is 0. The molecule has 0 bridgehead atoms. The lowest BCUT2D eigenvalue weighted by Gasteiger charge is -2.16. The second-order valence-corrected chi connectivity index (χ2v) is 5.92. The van der Waals surface area contributed by atoms with Gasteiger partial charge in [0.25, 0.3) is 0 Å². The Kier molecular flexibility index (Phi) is 5.47. The molecule has 2 aromatic rings. The predicted octanol–water partition coefficient (Wildman–Crippen LogP) is 5.20. The van der Waals surface area contributed by atoms with Gasteiger partial charge in [0.15, 0.2) is 0 Å². The van der Waals surface area contributed by atoms with Gasteiger partial charge in [-0.1, -0.05) is 53.0 Å². The minimum Gasteiger partial charge on any atom is -0.310 e. The molecule has 20 heavy (non-hydrogen) atoms. The first-order chi connectivity index (χ1) is 9.56. The van der Waals surface area contributed by atoms with Crippen molar-refractivity contribution in [2.24, 2.45) is 0 Å². The van der Waals surface area contributed by atoms with Crippen LogP contribution in [0.25, 0.3) is 0 Å². The van der Waals surface area contributed by atoms with Gasteiger partial charge >= 0.3 is 0 Å². The van der Waals surface area contributed by atoms with Gasteiger partial charge in [0.05, 0.1) is 0 Å². The average molecular weight is 308 g/mol. The predicted molar refractivity (Wildman–Crippen MR) is 87.8 cm³/mol. The number of rotatable bonds is 5. The van der Waals surface area contributed by atoms with Crippen molar-refractivity contribution in [1.82, 2.24) is 5.32 Å². The molecule has 2 rings (SSSR count). The topological polar surface area (TPSA) is 12.0 Å². The van der Waals surface area contributed by atoms with Crippen molar-refractivity contribution in [1.29, 1.82) is 0 Å². The lowest BCUT2D eigenvalue weighted by molar-refractivity contribution is 0.577. The van der Waals surface area contributed by atoms with Gasteiger partial charge in [-0.25, -0.2) is 0 Å². The third-order valence-electron chi connectivity index (χ3n) is 3.37. The Bertz CT molecular complexity index is 581. The Balaban J connectivity index is 1.92. The van der Waals surface area contributed by atoms with E-state index >= 15 is 0 Å². The van der Waals surface area contributed by atoms with Crippen LogP contribution in [0.4, 0.5) is 0 Å². The van der Waals surface area contributed by atoms with Gasteiger partial charge in [-0.05, 0) is 56.1 Å². The van der Waals surface area contributed by atoms with E-state index in [4.69, 9.17) is 23.2 Å². The summed E-state index contributed by atoms with van der Waals surface area (Å²) in [6.45, 7) is 5.13. The van der Waals surface area contributed by atoms with E-state index in [-0.39, 0.29) is 6.04 Å². The van der Waals surface area contributed by atoms with E-state index in [0.29, 0.717) is 0 Å². The van der Waals surface area contributed by atoms with Gasteiger partial charge in [-0.2, -0.15) is 0 Å². The van der Waals surface area contributed by atoms with Crippen molar-refractivity contribution < 1.29 is 0 Å². The van der Waals surface area contributed by atoms with E-state index in [1.54, 1.807) is 0 Å². The van der Waals surface area contributed by atoms with Crippen molar-refractivity contribution in [3.8, 4) is 0 Å². The zero-order valence-electron chi connectivity index (χ0n) is 11.8. The third kappa shape index (κ3) is 4.24. The van der Waals surface area contributed by atoms with E-state index in [0.717, 1.165) is 28.6 Å². The molecule has 1 unspecified atom stereocenters. The second-order valence-electron chi connectivity index (χ2n) is 5.08. The molecule has 0 fully saturated rings. The molecular formula is C17H19Cl2N. The van der Waals surface area contributed by atoms with Crippen molar-refractivity contribution >= 4 is 23.2 Å². The van der Waals surface area contributed by atoms with E-state index in [9.17, 15) is 0 Å². The number of hydrogen-bond donors (Lipinski definition) is 1. The zero-order chi connectivity index (χ0) is 14.5. The minimum absolute atomic E-state index is 0.186. The smallest absolute Gasteiger partial charge is 0.0454 e. The Labute approximate surface area is 130 Å². The molecular weight excluding hydrogens is 289 g/mol. The van der Waals surface area contributed by atoms with Crippen LogP contribution in [-0.4, -0.2) is 6.54 Å². The van der Waals surface area contributed by atoms with E-state index < -0.39 is 0 Å². The second kappa shape index (κ2) is 7.12. The van der Waals surface area contributed by atoms with Gasteiger partial charge in [0.2, 0.25) is 0 Å². The highest BCUT2D eigenvalue weighted by Crippen LogP contribution is 2.26. The maximum Gasteiger partial charge on any atom is 0.0454 e. The fraction of sp³-hybridized carbons (Fsp3) is 0.294. The lowest BCUT2D eigenvalue weighted by atomic mass is 10.1. The maximum absolute atomic E-state index is 6.21. The van der Waals surface area contributed by atoms with Crippen molar-refractivity contribution in [2.75, 3.05) is 6.54 Å². The minimum atomic E-state index is 0.186. The molecule has 0 aliphatic carbocycles. The van der Waals surface area contributed by atoms with Gasteiger partial charge in [0, 0.05) is 16.1 Å². The van der Waals surface area contributed by atoms with Gasteiger partial charge < -0.3 is 5.32 Å². The Morgan fingerprint density at radius 2 is 1.90 bits per heavy atom. The molecule has 0 saturated heterocycles. The van der Waals surface area contributed by atoms with Crippen LogP contribution in [0.15, 0.2) is 42.5 Å². The number of halogens is 2. The normalized spacial score (nSPS) is 12.4. The highest BCUT2D eigenvalue weighted by atomic mass is 35.5. The van der Waals surface area contributed by atoms with Crippen molar-refractivity contribution in [3.05, 3.63) is 69.2 Å². The summed E-state index contributed by atoms with van der Waals surface area (Å²) >= 11 is 12.2. The first kappa shape index (κ1) is 15.4. The van der Waals surface area contributed by atoms with Gasteiger partial charge in [-0.15, -0.1) is 0 Å². The van der Waals surface area contributed by atoms with Crippen molar-refractivity contribution in [2.45, 2.75) is 26.3 Å². The first-order valence-corrected chi connectivity index (χ1v) is 7.56. The van der Waals surface area contributed by atoms with Crippen LogP contribution in [0, 0.1) is 6.92 Å². The molecule has 0 saturated carbocycles. The standard InChI is InChI=1S/C17H19Cl2N/c1-12-4-3-5-14(10-12)8-9-20-13(2)16-11-15(18)6-7-17(16)19/h3-7,10-11,13,20H,8-9H2,1-2H3. The quantitative estimate of drug-likeness (QED) is 0.801. The summed E-state index contributed by atoms with van der Waals surface area (Å²) in [5.74, 6) is 0. The highest BCUT2D eigenvalue weighted by molar-refractivity contribution is 6.33. The fourth-order valence-electron chi connectivity index (χ4n) is 2.26. The molecule has 0 aliphatic rings. The SMILES string of the molecule is Cc1cccc(CCNC(C)c2cc(Cl)ccc2Cl)c1. The molecule has 1 N–H and O–H groups in total. The Morgan fingerprint density at radius 1 is 1.10 bits per heavy atom. The van der Waals surface area contributed by atoms with E-state index in [2.05, 4.69) is 43.4 Å². The Morgan fingerprint density at radius 3 is 2.65 bits per heavy atom. The highest BCUT2D eigenvalue weighted by Gasteiger charge is 2.09. The molecule has 1 atom stereocenters. The summed E-state index contributed by atoms with van der Waals surface area (Å²) in [6, 6.07) is 14.4. The average Bonchev–Trinajstić information content (AvgIpc) is 2.41. The van der Waals surface area contributed by atoms with Gasteiger partial charge in [0.1, 0.15) is 0 Å². The largest absolute Gasteiger partial charge is 0.310 e. The molecule has 106 valence electrons. The molecule has 3 heteroatoms. The van der Waals surface area contributed by atoms with Gasteiger partial charge in [-0.3, -0.25) is 0 Å². The van der Waals surface area contributed by atoms with Crippen LogP contribution in [0.1, 0.15) is 29.7 Å². The van der Waals surface area contributed by atoms with Crippen molar-refractivity contribution in [3.63, 3.8) is 0 Å². The van der Waals surface area contributed by atoms with E-state index in [1.807, 2.05) is 18.2 Å². The molecule has 1 nitrogen and oxygen atoms in total. The fourth-order valence-corrected chi connectivity index (χ4v) is 2.72. The van der Waals surface area contributed by atoms with Crippen LogP contribution in [-0.2, 0) is 6.42 Å². The van der Waals surface area contributed by atoms with Crippen LogP contribution in [0.2, 0.25) is 10.0 Å². The summed E-state index contributed by atoms with van der Waals surface area (Å²) in [4.78, 5) is 0. The molecule has 0 radical (unpaired) electrons. The van der Waals surface area contributed by atoms with Crippen LogP contribution in [0.5, 0.6) is 0 Å². The number of aryl methyl sites for hydroxylation is 1. The molecule has 0 heterocycles. The summed E-state index contributed by atoms with van der Waals surface area (Å²) in [5, 5.41) is 4.97. The van der Waals surface area contributed by atoms with Crippen LogP contribution in [0.3, 0.4) is 0 Å². The van der Waals surface area contributed by atoms with E-state index in [1.165, 1.54) is 11.1 Å². The number of benzene rings is 2. The number of nitrogens with one attached hydrogen (secondary N) is 1. The summed E-state index contributed by atoms with van der Waals surface area (Å²) in [5.41, 5.74) is 3.69. The summed E-state index contributed by atoms with van der Waals surface area (Å²) in [7, 11) is 0. The summed E-state index contributed by atoms with van der Waals surface area (Å²) in [6.07, 6.45) is 1.00. The van der Waals surface area contributed by atoms with Crippen LogP contribution < -0.4 is 5.32 Å².